The van der Waals surface area contributed by atoms with Crippen molar-refractivity contribution < 1.29 is 4.39 Å². The van der Waals surface area contributed by atoms with Gasteiger partial charge < -0.3 is 0 Å². The number of benzene rings is 3. The fourth-order valence-corrected chi connectivity index (χ4v) is 5.23. The zero-order valence-corrected chi connectivity index (χ0v) is 17.9. The van der Waals surface area contributed by atoms with Crippen LogP contribution in [0.5, 0.6) is 0 Å². The van der Waals surface area contributed by atoms with Crippen molar-refractivity contribution >= 4 is 51.7 Å². The Hall–Kier alpha value is -2.80. The maximum absolute atomic E-state index is 13.8. The quantitative estimate of drug-likeness (QED) is 0.290. The Kier molecular flexibility index (Phi) is 4.77. The Bertz CT molecular complexity index is 1530. The van der Waals surface area contributed by atoms with E-state index in [1.807, 2.05) is 52.9 Å². The van der Waals surface area contributed by atoms with Gasteiger partial charge in [-0.05, 0) is 59.7 Å². The highest BCUT2D eigenvalue weighted by Crippen LogP contribution is 2.34. The van der Waals surface area contributed by atoms with E-state index in [4.69, 9.17) is 23.8 Å². The molecule has 2 aromatic heterocycles. The Morgan fingerprint density at radius 2 is 1.77 bits per heavy atom. The molecular formula is C23H14ClFN2OS2. The lowest BCUT2D eigenvalue weighted by Gasteiger charge is -2.13. The molecule has 0 aliphatic carbocycles. The van der Waals surface area contributed by atoms with Crippen LogP contribution in [0.3, 0.4) is 0 Å². The molecule has 0 amide bonds. The molecule has 2 heterocycles. The van der Waals surface area contributed by atoms with E-state index in [9.17, 15) is 9.18 Å². The van der Waals surface area contributed by atoms with Gasteiger partial charge in [-0.2, -0.15) is 0 Å². The molecule has 0 saturated heterocycles. The SMILES string of the molecule is O=c1c2ccccc2n2c(=S)sc(-c3ccc(Cl)cc3)c2n1Cc1cccc(F)c1. The number of fused-ring (bicyclic) bond motifs is 3. The van der Waals surface area contributed by atoms with Crippen molar-refractivity contribution in [3.8, 4) is 10.4 Å². The molecule has 0 aliphatic heterocycles. The molecule has 148 valence electrons. The predicted octanol–water partition coefficient (Wildman–Crippen LogP) is 6.55. The molecule has 0 fully saturated rings. The minimum Gasteiger partial charge on any atom is -0.288 e. The number of thiazole rings is 1. The topological polar surface area (TPSA) is 26.4 Å². The maximum Gasteiger partial charge on any atom is 0.261 e. The first-order valence-electron chi connectivity index (χ1n) is 9.20. The summed E-state index contributed by atoms with van der Waals surface area (Å²) in [4.78, 5) is 14.4. The van der Waals surface area contributed by atoms with Gasteiger partial charge in [-0.1, -0.05) is 48.0 Å². The number of nitrogens with zero attached hydrogens (tertiary/aromatic N) is 2. The molecule has 3 nitrogen and oxygen atoms in total. The molecule has 7 heteroatoms. The molecule has 0 radical (unpaired) electrons. The number of hydrogen-bond acceptors (Lipinski definition) is 3. The fraction of sp³-hybridized carbons (Fsp3) is 0.0435. The van der Waals surface area contributed by atoms with Gasteiger partial charge in [0, 0.05) is 5.02 Å². The minimum atomic E-state index is -0.336. The van der Waals surface area contributed by atoms with E-state index in [1.54, 1.807) is 16.7 Å². The third kappa shape index (κ3) is 3.17. The van der Waals surface area contributed by atoms with Crippen molar-refractivity contribution in [2.24, 2.45) is 0 Å². The minimum absolute atomic E-state index is 0.141. The summed E-state index contributed by atoms with van der Waals surface area (Å²) in [7, 11) is 0. The molecule has 0 bridgehead atoms. The third-order valence-electron chi connectivity index (χ3n) is 5.00. The van der Waals surface area contributed by atoms with Crippen LogP contribution >= 0.6 is 35.2 Å². The molecule has 30 heavy (non-hydrogen) atoms. The van der Waals surface area contributed by atoms with Crippen LogP contribution in [0.4, 0.5) is 4.39 Å². The van der Waals surface area contributed by atoms with Crippen molar-refractivity contribution in [2.75, 3.05) is 0 Å². The van der Waals surface area contributed by atoms with Gasteiger partial charge in [0.05, 0.1) is 22.3 Å². The summed E-state index contributed by atoms with van der Waals surface area (Å²) < 4.78 is 18.0. The van der Waals surface area contributed by atoms with Gasteiger partial charge in [0.15, 0.2) is 3.95 Å². The summed E-state index contributed by atoms with van der Waals surface area (Å²) in [5.74, 6) is -0.336. The molecule has 0 atom stereocenters. The molecule has 0 aliphatic rings. The number of halogens is 2. The van der Waals surface area contributed by atoms with Gasteiger partial charge in [0.1, 0.15) is 11.5 Å². The molecule has 5 aromatic rings. The van der Waals surface area contributed by atoms with Crippen LogP contribution in [0, 0.1) is 9.77 Å². The molecule has 0 saturated carbocycles. The van der Waals surface area contributed by atoms with E-state index in [1.165, 1.54) is 23.5 Å². The number of rotatable bonds is 3. The highest BCUT2D eigenvalue weighted by Gasteiger charge is 2.18. The van der Waals surface area contributed by atoms with Crippen LogP contribution in [-0.4, -0.2) is 8.97 Å². The van der Waals surface area contributed by atoms with Crippen LogP contribution in [-0.2, 0) is 6.54 Å². The molecule has 0 spiro atoms. The average Bonchev–Trinajstić information content (AvgIpc) is 3.09. The monoisotopic (exact) mass is 452 g/mol. The lowest BCUT2D eigenvalue weighted by Crippen LogP contribution is -2.23. The second kappa shape index (κ2) is 7.47. The summed E-state index contributed by atoms with van der Waals surface area (Å²) in [6.45, 7) is 0.233. The van der Waals surface area contributed by atoms with Gasteiger partial charge in [-0.3, -0.25) is 13.8 Å². The first kappa shape index (κ1) is 19.2. The lowest BCUT2D eigenvalue weighted by molar-refractivity contribution is 0.623. The smallest absolute Gasteiger partial charge is 0.261 e. The zero-order chi connectivity index (χ0) is 20.8. The molecular weight excluding hydrogens is 439 g/mol. The van der Waals surface area contributed by atoms with Crippen LogP contribution in [0.2, 0.25) is 5.02 Å². The summed E-state index contributed by atoms with van der Waals surface area (Å²) in [5, 5.41) is 1.20. The van der Waals surface area contributed by atoms with Crippen LogP contribution in [0.1, 0.15) is 5.56 Å². The summed E-state index contributed by atoms with van der Waals surface area (Å²) in [6, 6.07) is 21.1. The lowest BCUT2D eigenvalue weighted by atomic mass is 10.1. The van der Waals surface area contributed by atoms with Crippen molar-refractivity contribution in [1.82, 2.24) is 8.97 Å². The van der Waals surface area contributed by atoms with Crippen LogP contribution in [0.25, 0.3) is 27.0 Å². The highest BCUT2D eigenvalue weighted by molar-refractivity contribution is 7.73. The second-order valence-corrected chi connectivity index (χ2v) is 8.98. The number of aromatic nitrogens is 2. The zero-order valence-electron chi connectivity index (χ0n) is 15.5. The van der Waals surface area contributed by atoms with Crippen LogP contribution < -0.4 is 5.56 Å². The van der Waals surface area contributed by atoms with E-state index in [0.29, 0.717) is 25.6 Å². The van der Waals surface area contributed by atoms with E-state index >= 15 is 0 Å². The Balaban J connectivity index is 1.90. The van der Waals surface area contributed by atoms with Gasteiger partial charge >= 0.3 is 0 Å². The van der Waals surface area contributed by atoms with E-state index < -0.39 is 0 Å². The highest BCUT2D eigenvalue weighted by atomic mass is 35.5. The molecule has 0 unspecified atom stereocenters. The van der Waals surface area contributed by atoms with Crippen molar-refractivity contribution in [3.63, 3.8) is 0 Å². The Morgan fingerprint density at radius 1 is 1.00 bits per heavy atom. The summed E-state index contributed by atoms with van der Waals surface area (Å²) in [5.41, 5.74) is 2.93. The predicted molar refractivity (Wildman–Crippen MR) is 124 cm³/mol. The Labute approximate surface area is 185 Å². The number of hydrogen-bond donors (Lipinski definition) is 0. The van der Waals surface area contributed by atoms with E-state index in [0.717, 1.165) is 16.0 Å². The van der Waals surface area contributed by atoms with E-state index in [-0.39, 0.29) is 17.9 Å². The van der Waals surface area contributed by atoms with Gasteiger partial charge in [-0.15, -0.1) is 11.3 Å². The van der Waals surface area contributed by atoms with Crippen LogP contribution in [0.15, 0.2) is 77.6 Å². The van der Waals surface area contributed by atoms with Crippen molar-refractivity contribution in [2.45, 2.75) is 6.54 Å². The fourth-order valence-electron chi connectivity index (χ4n) is 3.67. The molecule has 0 N–H and O–H groups in total. The normalized spacial score (nSPS) is 11.4. The molecule has 5 rings (SSSR count). The summed E-state index contributed by atoms with van der Waals surface area (Å²) in [6.07, 6.45) is 0. The first-order chi connectivity index (χ1) is 14.5. The summed E-state index contributed by atoms with van der Waals surface area (Å²) >= 11 is 13.2. The van der Waals surface area contributed by atoms with Crippen molar-refractivity contribution in [1.29, 1.82) is 0 Å². The standard InChI is InChI=1S/C23H14ClFN2OS2/c24-16-10-8-15(9-11-16)20-21-26(13-14-4-3-5-17(25)12-14)22(28)18-6-1-2-7-19(18)27(21)23(29)30-20/h1-12H,13H2. The number of para-hydroxylation sites is 1. The average molecular weight is 453 g/mol. The molecule has 3 aromatic carbocycles. The third-order valence-corrected chi connectivity index (χ3v) is 6.66. The largest absolute Gasteiger partial charge is 0.288 e. The van der Waals surface area contributed by atoms with Gasteiger partial charge in [0.2, 0.25) is 0 Å². The van der Waals surface area contributed by atoms with Gasteiger partial charge in [-0.25, -0.2) is 4.39 Å². The second-order valence-electron chi connectivity index (χ2n) is 6.90. The van der Waals surface area contributed by atoms with Gasteiger partial charge in [0.25, 0.3) is 5.56 Å². The van der Waals surface area contributed by atoms with Crippen molar-refractivity contribution in [3.05, 3.63) is 104 Å². The first-order valence-corrected chi connectivity index (χ1v) is 10.8. The van der Waals surface area contributed by atoms with E-state index in [2.05, 4.69) is 0 Å². The maximum atomic E-state index is 13.8. The Morgan fingerprint density at radius 3 is 2.53 bits per heavy atom.